The fourth-order valence-corrected chi connectivity index (χ4v) is 2.06. The first-order valence-corrected chi connectivity index (χ1v) is 6.89. The molecule has 0 spiro atoms. The van der Waals surface area contributed by atoms with E-state index in [0.29, 0.717) is 18.7 Å². The minimum Gasteiger partial charge on any atom is -0.497 e. The molecule has 0 saturated heterocycles. The number of hydrogen-bond acceptors (Lipinski definition) is 4. The van der Waals surface area contributed by atoms with E-state index in [2.05, 4.69) is 15.5 Å². The van der Waals surface area contributed by atoms with E-state index >= 15 is 0 Å². The van der Waals surface area contributed by atoms with Gasteiger partial charge in [0.25, 0.3) is 5.91 Å². The highest BCUT2D eigenvalue weighted by atomic mass is 16.5. The van der Waals surface area contributed by atoms with Crippen molar-refractivity contribution in [2.24, 2.45) is 0 Å². The number of nitrogens with one attached hydrogen (secondary N) is 2. The zero-order valence-electron chi connectivity index (χ0n) is 12.3. The van der Waals surface area contributed by atoms with Gasteiger partial charge in [0.2, 0.25) is 0 Å². The number of rotatable bonds is 6. The molecule has 0 bridgehead atoms. The number of aromatic nitrogens is 2. The van der Waals surface area contributed by atoms with E-state index in [-0.39, 0.29) is 11.6 Å². The summed E-state index contributed by atoms with van der Waals surface area (Å²) in [5.41, 5.74) is 8.43. The third-order valence-electron chi connectivity index (χ3n) is 3.28. The van der Waals surface area contributed by atoms with Crippen molar-refractivity contribution in [2.45, 2.75) is 19.8 Å². The van der Waals surface area contributed by atoms with E-state index in [9.17, 15) is 4.79 Å². The van der Waals surface area contributed by atoms with Gasteiger partial charge >= 0.3 is 0 Å². The Morgan fingerprint density at radius 3 is 2.95 bits per heavy atom. The molecule has 6 heteroatoms. The summed E-state index contributed by atoms with van der Waals surface area (Å²) >= 11 is 0. The summed E-state index contributed by atoms with van der Waals surface area (Å²) < 4.78 is 5.16. The summed E-state index contributed by atoms with van der Waals surface area (Å²) in [6, 6.07) is 7.75. The summed E-state index contributed by atoms with van der Waals surface area (Å²) in [7, 11) is 1.63. The largest absolute Gasteiger partial charge is 0.497 e. The molecule has 0 saturated carbocycles. The number of ether oxygens (including phenoxy) is 1. The van der Waals surface area contributed by atoms with Crippen LogP contribution in [0.4, 0.5) is 5.69 Å². The number of nitrogens with zero attached hydrogens (tertiary/aromatic N) is 1. The molecule has 1 heterocycles. The number of aromatic amines is 1. The van der Waals surface area contributed by atoms with Gasteiger partial charge in [0.1, 0.15) is 5.75 Å². The number of hydrogen-bond donors (Lipinski definition) is 3. The van der Waals surface area contributed by atoms with E-state index < -0.39 is 0 Å². The van der Waals surface area contributed by atoms with Gasteiger partial charge in [-0.1, -0.05) is 19.1 Å². The Balaban J connectivity index is 1.90. The monoisotopic (exact) mass is 288 g/mol. The van der Waals surface area contributed by atoms with Gasteiger partial charge in [0, 0.05) is 6.54 Å². The van der Waals surface area contributed by atoms with Crippen molar-refractivity contribution < 1.29 is 9.53 Å². The molecule has 6 nitrogen and oxygen atoms in total. The maximum atomic E-state index is 12.0. The number of methoxy groups -OCH3 is 1. The number of amides is 1. The molecule has 1 aromatic heterocycles. The molecule has 1 amide bonds. The minimum absolute atomic E-state index is 0.258. The molecular formula is C15H20N4O2. The van der Waals surface area contributed by atoms with E-state index in [1.54, 1.807) is 7.11 Å². The molecule has 0 aliphatic carbocycles. The number of H-pyrrole nitrogens is 1. The standard InChI is InChI=1S/C15H20N4O2/c1-3-12-13(16)14(19-18-12)15(20)17-8-7-10-5-4-6-11(9-10)21-2/h4-6,9H,3,7-8,16H2,1-2H3,(H,17,20)(H,18,19). The van der Waals surface area contributed by atoms with Gasteiger partial charge in [0.15, 0.2) is 5.69 Å². The lowest BCUT2D eigenvalue weighted by atomic mass is 10.1. The normalized spacial score (nSPS) is 10.4. The molecule has 2 rings (SSSR count). The molecule has 0 aliphatic heterocycles. The lowest BCUT2D eigenvalue weighted by Gasteiger charge is -2.06. The lowest BCUT2D eigenvalue weighted by Crippen LogP contribution is -2.26. The second kappa shape index (κ2) is 6.78. The third kappa shape index (κ3) is 3.53. The van der Waals surface area contributed by atoms with Gasteiger partial charge in [-0.05, 0) is 30.5 Å². The zero-order chi connectivity index (χ0) is 15.2. The van der Waals surface area contributed by atoms with Gasteiger partial charge in [-0.15, -0.1) is 0 Å². The molecule has 0 unspecified atom stereocenters. The van der Waals surface area contributed by atoms with Gasteiger partial charge in [-0.2, -0.15) is 5.10 Å². The van der Waals surface area contributed by atoms with E-state index in [1.807, 2.05) is 31.2 Å². The molecule has 0 aliphatic rings. The van der Waals surface area contributed by atoms with Crippen LogP contribution in [0.2, 0.25) is 0 Å². The first-order valence-electron chi connectivity index (χ1n) is 6.89. The van der Waals surface area contributed by atoms with E-state index in [1.165, 1.54) is 0 Å². The van der Waals surface area contributed by atoms with Crippen LogP contribution in [0, 0.1) is 0 Å². The number of carbonyl (C=O) groups is 1. The molecule has 1 aromatic carbocycles. The predicted octanol–water partition coefficient (Wildman–Crippen LogP) is 1.54. The topological polar surface area (TPSA) is 93.0 Å². The Bertz CT molecular complexity index is 622. The molecule has 0 fully saturated rings. The van der Waals surface area contributed by atoms with Crippen LogP contribution in [0.5, 0.6) is 5.75 Å². The van der Waals surface area contributed by atoms with Gasteiger partial charge < -0.3 is 15.8 Å². The molecule has 0 atom stereocenters. The van der Waals surface area contributed by atoms with Crippen molar-refractivity contribution in [3.63, 3.8) is 0 Å². The highest BCUT2D eigenvalue weighted by Crippen LogP contribution is 2.14. The third-order valence-corrected chi connectivity index (χ3v) is 3.28. The van der Waals surface area contributed by atoms with Crippen LogP contribution in [0.1, 0.15) is 28.7 Å². The second-order valence-electron chi connectivity index (χ2n) is 4.68. The van der Waals surface area contributed by atoms with Crippen molar-refractivity contribution in [3.8, 4) is 5.75 Å². The fraction of sp³-hybridized carbons (Fsp3) is 0.333. The average Bonchev–Trinajstić information content (AvgIpc) is 2.88. The molecule has 2 aromatic rings. The number of nitrogen functional groups attached to an aromatic ring is 1. The van der Waals surface area contributed by atoms with Crippen molar-refractivity contribution in [1.82, 2.24) is 15.5 Å². The second-order valence-corrected chi connectivity index (χ2v) is 4.68. The number of carbonyl (C=O) groups excluding carboxylic acids is 1. The van der Waals surface area contributed by atoms with Gasteiger partial charge in [0.05, 0.1) is 18.5 Å². The first-order chi connectivity index (χ1) is 10.2. The summed E-state index contributed by atoms with van der Waals surface area (Å²) in [5.74, 6) is 0.550. The molecule has 4 N–H and O–H groups in total. The number of benzene rings is 1. The van der Waals surface area contributed by atoms with E-state index in [0.717, 1.165) is 23.4 Å². The Hall–Kier alpha value is -2.50. The Morgan fingerprint density at radius 1 is 1.48 bits per heavy atom. The average molecular weight is 288 g/mol. The first kappa shape index (κ1) is 14.9. The Labute approximate surface area is 123 Å². The maximum absolute atomic E-state index is 12.0. The molecule has 112 valence electrons. The number of aryl methyl sites for hydroxylation is 1. The van der Waals surface area contributed by atoms with E-state index in [4.69, 9.17) is 10.5 Å². The maximum Gasteiger partial charge on any atom is 0.273 e. The fourth-order valence-electron chi connectivity index (χ4n) is 2.06. The van der Waals surface area contributed by atoms with Crippen LogP contribution in [-0.4, -0.2) is 29.8 Å². The van der Waals surface area contributed by atoms with Crippen LogP contribution >= 0.6 is 0 Å². The Morgan fingerprint density at radius 2 is 2.29 bits per heavy atom. The van der Waals surface area contributed by atoms with Crippen molar-refractivity contribution in [1.29, 1.82) is 0 Å². The van der Waals surface area contributed by atoms with Crippen LogP contribution in [0.15, 0.2) is 24.3 Å². The lowest BCUT2D eigenvalue weighted by molar-refractivity contribution is 0.0950. The molecular weight excluding hydrogens is 268 g/mol. The van der Waals surface area contributed by atoms with Crippen LogP contribution in [0.3, 0.4) is 0 Å². The smallest absolute Gasteiger partial charge is 0.273 e. The summed E-state index contributed by atoms with van der Waals surface area (Å²) in [5, 5.41) is 9.55. The molecule has 21 heavy (non-hydrogen) atoms. The number of nitrogens with two attached hydrogens (primary N) is 1. The van der Waals surface area contributed by atoms with Crippen LogP contribution < -0.4 is 15.8 Å². The zero-order valence-corrected chi connectivity index (χ0v) is 12.3. The summed E-state index contributed by atoms with van der Waals surface area (Å²) in [6.07, 6.45) is 1.43. The minimum atomic E-state index is -0.258. The van der Waals surface area contributed by atoms with Gasteiger partial charge in [-0.25, -0.2) is 0 Å². The highest BCUT2D eigenvalue weighted by molar-refractivity contribution is 5.97. The van der Waals surface area contributed by atoms with Crippen molar-refractivity contribution >= 4 is 11.6 Å². The molecule has 0 radical (unpaired) electrons. The van der Waals surface area contributed by atoms with Crippen molar-refractivity contribution in [3.05, 3.63) is 41.2 Å². The van der Waals surface area contributed by atoms with Crippen molar-refractivity contribution in [2.75, 3.05) is 19.4 Å². The van der Waals surface area contributed by atoms with Crippen LogP contribution in [0.25, 0.3) is 0 Å². The SMILES string of the molecule is CCc1[nH]nc(C(=O)NCCc2cccc(OC)c2)c1N. The summed E-state index contributed by atoms with van der Waals surface area (Å²) in [6.45, 7) is 2.47. The van der Waals surface area contributed by atoms with Crippen LogP contribution in [-0.2, 0) is 12.8 Å². The number of anilines is 1. The Kier molecular flexibility index (Phi) is 4.81. The highest BCUT2D eigenvalue weighted by Gasteiger charge is 2.15. The quantitative estimate of drug-likeness (QED) is 0.751. The summed E-state index contributed by atoms with van der Waals surface area (Å²) in [4.78, 5) is 12.0. The predicted molar refractivity (Wildman–Crippen MR) is 81.4 cm³/mol. The van der Waals surface area contributed by atoms with Gasteiger partial charge in [-0.3, -0.25) is 9.89 Å².